The fourth-order valence-corrected chi connectivity index (χ4v) is 2.61. The zero-order valence-electron chi connectivity index (χ0n) is 13.3. The van der Waals surface area contributed by atoms with Gasteiger partial charge in [-0.15, -0.1) is 5.10 Å². The maximum atomic E-state index is 13.5. The molecule has 1 saturated heterocycles. The van der Waals surface area contributed by atoms with Crippen molar-refractivity contribution in [3.05, 3.63) is 18.0 Å². The van der Waals surface area contributed by atoms with E-state index in [9.17, 15) is 4.39 Å². The van der Waals surface area contributed by atoms with E-state index >= 15 is 0 Å². The van der Waals surface area contributed by atoms with Gasteiger partial charge in [0.05, 0.1) is 31.2 Å². The van der Waals surface area contributed by atoms with E-state index in [1.807, 2.05) is 17.9 Å². The Kier molecular flexibility index (Phi) is 4.22. The quantitative estimate of drug-likeness (QED) is 0.851. The van der Waals surface area contributed by atoms with Crippen molar-refractivity contribution in [1.82, 2.24) is 20.2 Å². The van der Waals surface area contributed by atoms with E-state index < -0.39 is 6.17 Å². The highest BCUT2D eigenvalue weighted by molar-refractivity contribution is 5.68. The average molecular weight is 319 g/mol. The number of hydrogen-bond acceptors (Lipinski definition) is 7. The van der Waals surface area contributed by atoms with Gasteiger partial charge in [0.25, 0.3) is 0 Å². The monoisotopic (exact) mass is 319 g/mol. The van der Waals surface area contributed by atoms with Crippen LogP contribution in [0.5, 0.6) is 11.9 Å². The smallest absolute Gasteiger partial charge is 0.319 e. The third-order valence-corrected chi connectivity index (χ3v) is 3.81. The lowest BCUT2D eigenvalue weighted by molar-refractivity contribution is 0.353. The Balaban J connectivity index is 2.01. The third kappa shape index (κ3) is 3.01. The molecule has 0 aromatic carbocycles. The van der Waals surface area contributed by atoms with Crippen LogP contribution < -0.4 is 14.4 Å². The molecule has 122 valence electrons. The van der Waals surface area contributed by atoms with Crippen LogP contribution >= 0.6 is 0 Å². The van der Waals surface area contributed by atoms with Gasteiger partial charge in [0.2, 0.25) is 5.88 Å². The van der Waals surface area contributed by atoms with Gasteiger partial charge in [0, 0.05) is 19.3 Å². The average Bonchev–Trinajstić information content (AvgIpc) is 3.01. The van der Waals surface area contributed by atoms with Crippen molar-refractivity contribution in [2.24, 2.45) is 0 Å². The fraction of sp³-hybridized carbons (Fsp3) is 0.467. The number of alkyl halides is 1. The van der Waals surface area contributed by atoms with Crippen LogP contribution in [0.4, 0.5) is 10.1 Å². The summed E-state index contributed by atoms with van der Waals surface area (Å²) in [5, 5.41) is 8.38. The molecule has 0 amide bonds. The standard InChI is InChI=1S/C15H18FN5O2/c1-9-13(21-5-4-10(16)8-21)6-12(20-19-9)11-7-17-15(23-3)18-14(11)22-2/h6-7,10H,4-5,8H2,1-3H3/t10-/m0/s1. The normalized spacial score (nSPS) is 17.4. The summed E-state index contributed by atoms with van der Waals surface area (Å²) >= 11 is 0. The minimum Gasteiger partial charge on any atom is -0.480 e. The van der Waals surface area contributed by atoms with Crippen LogP contribution in [-0.2, 0) is 0 Å². The molecule has 7 nitrogen and oxygen atoms in total. The minimum absolute atomic E-state index is 0.214. The van der Waals surface area contributed by atoms with Gasteiger partial charge < -0.3 is 14.4 Å². The number of aryl methyl sites for hydroxylation is 1. The van der Waals surface area contributed by atoms with Crippen molar-refractivity contribution in [3.63, 3.8) is 0 Å². The summed E-state index contributed by atoms with van der Waals surface area (Å²) in [5.41, 5.74) is 2.81. The Bertz CT molecular complexity index is 712. The van der Waals surface area contributed by atoms with E-state index in [1.54, 1.807) is 6.20 Å². The molecule has 0 N–H and O–H groups in total. The zero-order chi connectivity index (χ0) is 16.4. The first-order valence-electron chi connectivity index (χ1n) is 7.31. The van der Waals surface area contributed by atoms with Gasteiger partial charge in [-0.25, -0.2) is 9.37 Å². The lowest BCUT2D eigenvalue weighted by Crippen LogP contribution is -2.21. The van der Waals surface area contributed by atoms with Crippen molar-refractivity contribution in [3.8, 4) is 23.1 Å². The molecule has 1 fully saturated rings. The molecule has 1 aliphatic heterocycles. The lowest BCUT2D eigenvalue weighted by atomic mass is 10.2. The molecule has 0 unspecified atom stereocenters. The molecule has 2 aromatic rings. The molecule has 0 bridgehead atoms. The number of ether oxygens (including phenoxy) is 2. The number of hydrogen-bond donors (Lipinski definition) is 0. The number of nitrogens with zero attached hydrogens (tertiary/aromatic N) is 5. The topological polar surface area (TPSA) is 73.3 Å². The van der Waals surface area contributed by atoms with E-state index in [0.29, 0.717) is 36.6 Å². The maximum Gasteiger partial charge on any atom is 0.319 e. The molecule has 1 atom stereocenters. The molecule has 0 saturated carbocycles. The molecule has 23 heavy (non-hydrogen) atoms. The number of anilines is 1. The van der Waals surface area contributed by atoms with Gasteiger partial charge >= 0.3 is 6.01 Å². The molecular weight excluding hydrogens is 301 g/mol. The van der Waals surface area contributed by atoms with Gasteiger partial charge in [-0.3, -0.25) is 0 Å². The van der Waals surface area contributed by atoms with Crippen LogP contribution in [0.2, 0.25) is 0 Å². The van der Waals surface area contributed by atoms with E-state index in [-0.39, 0.29) is 6.01 Å². The summed E-state index contributed by atoms with van der Waals surface area (Å²) in [4.78, 5) is 10.2. The summed E-state index contributed by atoms with van der Waals surface area (Å²) < 4.78 is 23.8. The summed E-state index contributed by atoms with van der Waals surface area (Å²) in [6.45, 7) is 2.91. The Morgan fingerprint density at radius 2 is 2.09 bits per heavy atom. The number of methoxy groups -OCH3 is 2. The second-order valence-electron chi connectivity index (χ2n) is 5.31. The summed E-state index contributed by atoms with van der Waals surface area (Å²) in [6.07, 6.45) is 1.31. The Morgan fingerprint density at radius 3 is 2.74 bits per heavy atom. The second-order valence-corrected chi connectivity index (χ2v) is 5.31. The van der Waals surface area contributed by atoms with Crippen molar-refractivity contribution in [1.29, 1.82) is 0 Å². The molecule has 3 heterocycles. The van der Waals surface area contributed by atoms with Gasteiger partial charge in [0.15, 0.2) is 0 Å². The van der Waals surface area contributed by atoms with Crippen molar-refractivity contribution in [2.75, 3.05) is 32.2 Å². The molecule has 2 aromatic heterocycles. The summed E-state index contributed by atoms with van der Waals surface area (Å²) in [5.74, 6) is 0.353. The predicted molar refractivity (Wildman–Crippen MR) is 82.6 cm³/mol. The van der Waals surface area contributed by atoms with E-state index in [1.165, 1.54) is 14.2 Å². The highest BCUT2D eigenvalue weighted by Gasteiger charge is 2.24. The van der Waals surface area contributed by atoms with Crippen LogP contribution in [0.15, 0.2) is 12.3 Å². The highest BCUT2D eigenvalue weighted by atomic mass is 19.1. The van der Waals surface area contributed by atoms with E-state index in [0.717, 1.165) is 11.4 Å². The first-order chi connectivity index (χ1) is 11.1. The SMILES string of the molecule is COc1ncc(-c2cc(N3CC[C@H](F)C3)c(C)nn2)c(OC)n1. The first-order valence-corrected chi connectivity index (χ1v) is 7.31. The fourth-order valence-electron chi connectivity index (χ4n) is 2.61. The number of halogens is 1. The lowest BCUT2D eigenvalue weighted by Gasteiger charge is -2.19. The number of rotatable bonds is 4. The van der Waals surface area contributed by atoms with Crippen LogP contribution in [0.3, 0.4) is 0 Å². The van der Waals surface area contributed by atoms with E-state index in [2.05, 4.69) is 20.2 Å². The Hall–Kier alpha value is -2.51. The second kappa shape index (κ2) is 6.31. The van der Waals surface area contributed by atoms with Crippen LogP contribution in [0, 0.1) is 6.92 Å². The zero-order valence-corrected chi connectivity index (χ0v) is 13.3. The molecule has 0 aliphatic carbocycles. The maximum absolute atomic E-state index is 13.5. The van der Waals surface area contributed by atoms with Crippen molar-refractivity contribution >= 4 is 5.69 Å². The Morgan fingerprint density at radius 1 is 1.26 bits per heavy atom. The van der Waals surface area contributed by atoms with Gasteiger partial charge in [-0.1, -0.05) is 0 Å². The molecule has 8 heteroatoms. The molecule has 1 aliphatic rings. The Labute approximate surface area is 133 Å². The predicted octanol–water partition coefficient (Wildman–Crippen LogP) is 1.81. The highest BCUT2D eigenvalue weighted by Crippen LogP contribution is 2.31. The first kappa shape index (κ1) is 15.4. The summed E-state index contributed by atoms with van der Waals surface area (Å²) in [7, 11) is 3.00. The van der Waals surface area contributed by atoms with Crippen LogP contribution in [0.1, 0.15) is 12.1 Å². The number of aromatic nitrogens is 4. The molecule has 0 spiro atoms. The minimum atomic E-state index is -0.801. The third-order valence-electron chi connectivity index (χ3n) is 3.81. The van der Waals surface area contributed by atoms with Gasteiger partial charge in [-0.05, 0) is 19.4 Å². The van der Waals surface area contributed by atoms with Crippen LogP contribution in [-0.4, -0.2) is 53.6 Å². The van der Waals surface area contributed by atoms with E-state index in [4.69, 9.17) is 9.47 Å². The van der Waals surface area contributed by atoms with Crippen molar-refractivity contribution < 1.29 is 13.9 Å². The van der Waals surface area contributed by atoms with Crippen LogP contribution in [0.25, 0.3) is 11.3 Å². The largest absolute Gasteiger partial charge is 0.480 e. The van der Waals surface area contributed by atoms with Gasteiger partial charge in [0.1, 0.15) is 11.9 Å². The molecular formula is C15H18FN5O2. The van der Waals surface area contributed by atoms with Crippen molar-refractivity contribution in [2.45, 2.75) is 19.5 Å². The van der Waals surface area contributed by atoms with Gasteiger partial charge in [-0.2, -0.15) is 10.1 Å². The molecule has 0 radical (unpaired) electrons. The molecule has 3 rings (SSSR count). The summed E-state index contributed by atoms with van der Waals surface area (Å²) in [6, 6.07) is 2.08.